The zero-order valence-electron chi connectivity index (χ0n) is 7.58. The lowest BCUT2D eigenvalue weighted by Crippen LogP contribution is -1.91. The molecule has 0 aromatic rings. The van der Waals surface area contributed by atoms with Crippen LogP contribution in [-0.2, 0) is 13.4 Å². The highest BCUT2D eigenvalue weighted by Gasteiger charge is 2.28. The van der Waals surface area contributed by atoms with Gasteiger partial charge in [0.2, 0.25) is 0 Å². The largest absolute Gasteiger partial charge is 0.358 e. The van der Waals surface area contributed by atoms with Crippen molar-refractivity contribution in [1.29, 1.82) is 0 Å². The first-order valence-electron chi connectivity index (χ1n) is 3.82. The van der Waals surface area contributed by atoms with Gasteiger partial charge in [-0.25, -0.2) is 4.31 Å². The average molecular weight is 228 g/mol. The molecule has 13 heavy (non-hydrogen) atoms. The van der Waals surface area contributed by atoms with Crippen molar-refractivity contribution in [2.75, 3.05) is 6.16 Å². The van der Waals surface area contributed by atoms with Crippen molar-refractivity contribution in [2.45, 2.75) is 20.3 Å². The highest BCUT2D eigenvalue weighted by atomic mass is 31.3. The monoisotopic (exact) mass is 228 g/mol. The summed E-state index contributed by atoms with van der Waals surface area (Å²) in [6.45, 7) is 3.21. The van der Waals surface area contributed by atoms with Crippen LogP contribution in [0, 0.1) is 0 Å². The fourth-order valence-electron chi connectivity index (χ4n) is 0.722. The Labute approximate surface area is 77.5 Å². The van der Waals surface area contributed by atoms with E-state index in [1.165, 1.54) is 13.0 Å². The molecule has 78 valence electrons. The minimum absolute atomic E-state index is 0.116. The van der Waals surface area contributed by atoms with E-state index < -0.39 is 15.2 Å². The molecular formula is C6H14O5P2. The lowest BCUT2D eigenvalue weighted by Gasteiger charge is -2.12. The summed E-state index contributed by atoms with van der Waals surface area (Å²) < 4.78 is 26.3. The molecule has 0 saturated carbocycles. The van der Waals surface area contributed by atoms with E-state index in [2.05, 4.69) is 4.31 Å². The molecule has 2 atom stereocenters. The molecule has 0 amide bonds. The minimum Gasteiger partial charge on any atom is -0.324 e. The van der Waals surface area contributed by atoms with E-state index in [9.17, 15) is 9.13 Å². The lowest BCUT2D eigenvalue weighted by molar-refractivity contribution is 0.339. The third-order valence-corrected chi connectivity index (χ3v) is 4.73. The average Bonchev–Trinajstić information content (AvgIpc) is 1.82. The maximum Gasteiger partial charge on any atom is 0.358 e. The summed E-state index contributed by atoms with van der Waals surface area (Å²) in [4.78, 5) is 18.0. The van der Waals surface area contributed by atoms with Crippen molar-refractivity contribution >= 4 is 15.2 Å². The van der Waals surface area contributed by atoms with Gasteiger partial charge < -0.3 is 9.79 Å². The van der Waals surface area contributed by atoms with E-state index in [0.29, 0.717) is 6.42 Å². The van der Waals surface area contributed by atoms with Gasteiger partial charge in [0.05, 0.1) is 6.16 Å². The van der Waals surface area contributed by atoms with E-state index in [1.807, 2.05) is 0 Å². The zero-order valence-corrected chi connectivity index (χ0v) is 9.37. The number of hydrogen-bond donors (Lipinski definition) is 2. The first kappa shape index (κ1) is 13.1. The fraction of sp³-hybridized carbons (Fsp3) is 0.667. The predicted molar refractivity (Wildman–Crippen MR) is 50.7 cm³/mol. The summed E-state index contributed by atoms with van der Waals surface area (Å²) >= 11 is 0. The van der Waals surface area contributed by atoms with E-state index in [4.69, 9.17) is 9.79 Å². The van der Waals surface area contributed by atoms with Gasteiger partial charge in [-0.1, -0.05) is 13.0 Å². The van der Waals surface area contributed by atoms with Crippen molar-refractivity contribution in [3.63, 3.8) is 0 Å². The first-order valence-corrected chi connectivity index (χ1v) is 7.23. The molecule has 7 heteroatoms. The summed E-state index contributed by atoms with van der Waals surface area (Å²) in [6.07, 6.45) is 1.60. The Morgan fingerprint density at radius 1 is 1.38 bits per heavy atom. The van der Waals surface area contributed by atoms with E-state index in [-0.39, 0.29) is 6.16 Å². The van der Waals surface area contributed by atoms with Crippen molar-refractivity contribution < 1.29 is 23.2 Å². The molecule has 0 radical (unpaired) electrons. The number of allylic oxidation sites excluding steroid dienone is 1. The molecule has 0 saturated heterocycles. The third-order valence-electron chi connectivity index (χ3n) is 1.09. The van der Waals surface area contributed by atoms with Crippen molar-refractivity contribution in [3.8, 4) is 0 Å². The number of hydrogen-bond acceptors (Lipinski definition) is 3. The Kier molecular flexibility index (Phi) is 5.11. The summed E-state index contributed by atoms with van der Waals surface area (Å²) in [5.41, 5.74) is 0. The Morgan fingerprint density at radius 2 is 1.92 bits per heavy atom. The smallest absolute Gasteiger partial charge is 0.324 e. The van der Waals surface area contributed by atoms with Gasteiger partial charge in [0, 0.05) is 5.82 Å². The van der Waals surface area contributed by atoms with Crippen LogP contribution >= 0.6 is 15.2 Å². The Morgan fingerprint density at radius 3 is 2.31 bits per heavy atom. The van der Waals surface area contributed by atoms with Crippen LogP contribution in [0.4, 0.5) is 0 Å². The van der Waals surface area contributed by atoms with Gasteiger partial charge in [0.25, 0.3) is 0 Å². The Balaban J connectivity index is 4.43. The van der Waals surface area contributed by atoms with Crippen molar-refractivity contribution in [1.82, 2.24) is 0 Å². The molecule has 5 nitrogen and oxygen atoms in total. The molecule has 2 N–H and O–H groups in total. The summed E-state index contributed by atoms with van der Waals surface area (Å²) in [5.74, 6) is 0.880. The van der Waals surface area contributed by atoms with Crippen LogP contribution in [-0.4, -0.2) is 15.9 Å². The Hall–Kier alpha value is 0.0800. The molecule has 0 aromatic carbocycles. The summed E-state index contributed by atoms with van der Waals surface area (Å²) in [5, 5.41) is 0. The van der Waals surface area contributed by atoms with Crippen LogP contribution < -0.4 is 0 Å². The molecule has 0 heterocycles. The normalized spacial score (nSPS) is 21.2. The van der Waals surface area contributed by atoms with Gasteiger partial charge in [0.15, 0.2) is 0 Å². The summed E-state index contributed by atoms with van der Waals surface area (Å²) in [6, 6.07) is 0. The molecule has 0 bridgehead atoms. The molecular weight excluding hydrogens is 214 g/mol. The van der Waals surface area contributed by atoms with Gasteiger partial charge in [0.1, 0.15) is 0 Å². The van der Waals surface area contributed by atoms with Gasteiger partial charge in [-0.15, -0.1) is 0 Å². The van der Waals surface area contributed by atoms with E-state index in [1.54, 1.807) is 6.92 Å². The van der Waals surface area contributed by atoms with Gasteiger partial charge in [-0.3, -0.25) is 9.13 Å². The van der Waals surface area contributed by atoms with Crippen molar-refractivity contribution in [2.24, 2.45) is 0 Å². The molecule has 0 aliphatic carbocycles. The second-order valence-electron chi connectivity index (χ2n) is 2.49. The maximum atomic E-state index is 11.1. The van der Waals surface area contributed by atoms with Crippen molar-refractivity contribution in [3.05, 3.63) is 11.9 Å². The molecule has 2 unspecified atom stereocenters. The maximum absolute atomic E-state index is 11.1. The highest BCUT2D eigenvalue weighted by molar-refractivity contribution is 7.67. The molecule has 0 rings (SSSR count). The van der Waals surface area contributed by atoms with Crippen LogP contribution in [0.3, 0.4) is 0 Å². The van der Waals surface area contributed by atoms with Crippen LogP contribution in [0.15, 0.2) is 11.9 Å². The molecule has 0 spiro atoms. The third kappa shape index (κ3) is 6.19. The minimum atomic E-state index is -4.04. The number of rotatable bonds is 5. The lowest BCUT2D eigenvalue weighted by atomic mass is 10.6. The van der Waals surface area contributed by atoms with Crippen LogP contribution in [0.5, 0.6) is 0 Å². The fourth-order valence-corrected chi connectivity index (χ4v) is 3.67. The van der Waals surface area contributed by atoms with Gasteiger partial charge in [-0.05, 0) is 13.3 Å². The molecule has 0 aliphatic heterocycles. The standard InChI is InChI=1S/C6H14O5P2/c1-3-5-12(7,8)11-13(9,10)6-4-2/h3,5H,4,6H2,1-2H3,(H,7,8)(H,9,10). The predicted octanol–water partition coefficient (Wildman–Crippen LogP) is 2.32. The second kappa shape index (κ2) is 5.08. The zero-order chi connectivity index (χ0) is 10.5. The highest BCUT2D eigenvalue weighted by Crippen LogP contribution is 2.60. The molecule has 0 aromatic heterocycles. The van der Waals surface area contributed by atoms with Gasteiger partial charge in [-0.2, -0.15) is 0 Å². The van der Waals surface area contributed by atoms with Crippen LogP contribution in [0.1, 0.15) is 20.3 Å². The van der Waals surface area contributed by atoms with Crippen LogP contribution in [0.25, 0.3) is 0 Å². The quantitative estimate of drug-likeness (QED) is 0.705. The molecule has 0 aliphatic rings. The SMILES string of the molecule is CC=CP(=O)(O)OP(=O)(O)CCC. The van der Waals surface area contributed by atoms with Gasteiger partial charge >= 0.3 is 15.2 Å². The Bertz CT molecular complexity index is 272. The summed E-state index contributed by atoms with van der Waals surface area (Å²) in [7, 11) is -7.95. The van der Waals surface area contributed by atoms with E-state index >= 15 is 0 Å². The van der Waals surface area contributed by atoms with Crippen LogP contribution in [0.2, 0.25) is 0 Å². The second-order valence-corrected chi connectivity index (χ2v) is 6.29. The first-order chi connectivity index (χ1) is 5.83. The van der Waals surface area contributed by atoms with E-state index in [0.717, 1.165) is 5.82 Å². The molecule has 0 fully saturated rings. The topological polar surface area (TPSA) is 83.8 Å².